The summed E-state index contributed by atoms with van der Waals surface area (Å²) in [7, 11) is 0. The Kier molecular flexibility index (Phi) is 5.10. The third-order valence-corrected chi connectivity index (χ3v) is 8.13. The Morgan fingerprint density at radius 3 is 2.42 bits per heavy atom. The van der Waals surface area contributed by atoms with E-state index in [-0.39, 0.29) is 28.7 Å². The molecule has 0 aromatic heterocycles. The van der Waals surface area contributed by atoms with Gasteiger partial charge in [-0.05, 0) is 35.9 Å². The molecule has 3 heterocycles. The van der Waals surface area contributed by atoms with Crippen molar-refractivity contribution in [3.63, 3.8) is 0 Å². The molecule has 3 fully saturated rings. The van der Waals surface area contributed by atoms with E-state index in [1.807, 2.05) is 6.07 Å². The van der Waals surface area contributed by atoms with Crippen LogP contribution in [0.4, 0.5) is 10.5 Å². The van der Waals surface area contributed by atoms with Crippen molar-refractivity contribution in [1.29, 1.82) is 5.26 Å². The summed E-state index contributed by atoms with van der Waals surface area (Å²) in [6.45, 7) is 0.136. The van der Waals surface area contributed by atoms with Crippen LogP contribution in [0.2, 0.25) is 10.0 Å². The first-order valence-electron chi connectivity index (χ1n) is 9.96. The number of fused-ring (bicyclic) bond motifs is 1. The summed E-state index contributed by atoms with van der Waals surface area (Å²) in [6, 6.07) is 11.8. The number of hydrogen-bond acceptors (Lipinski definition) is 6. The zero-order chi connectivity index (χ0) is 23.5. The number of benzene rings is 2. The molecule has 5 rings (SSSR count). The second-order valence-corrected chi connectivity index (χ2v) is 10.5. The number of imide groups is 1. The largest absolute Gasteiger partial charge is 0.480 e. The number of thioether (sulfide) groups is 1. The Hall–Kier alpha value is -2.77. The van der Waals surface area contributed by atoms with Crippen molar-refractivity contribution < 1.29 is 19.5 Å². The normalized spacial score (nSPS) is 28.5. The number of halogens is 2. The number of urea groups is 1. The van der Waals surface area contributed by atoms with E-state index < -0.39 is 34.4 Å². The molecule has 168 valence electrons. The molecule has 3 aliphatic rings. The van der Waals surface area contributed by atoms with Crippen LogP contribution in [0.1, 0.15) is 17.5 Å². The number of carbonyl (C=O) groups excluding carboxylic acids is 2. The van der Waals surface area contributed by atoms with Crippen LogP contribution in [0.5, 0.6) is 0 Å². The van der Waals surface area contributed by atoms with Crippen LogP contribution >= 0.6 is 35.0 Å². The molecule has 3 saturated heterocycles. The molecule has 0 bridgehead atoms. The van der Waals surface area contributed by atoms with Gasteiger partial charge in [-0.1, -0.05) is 35.3 Å². The van der Waals surface area contributed by atoms with Gasteiger partial charge < -0.3 is 10.0 Å². The van der Waals surface area contributed by atoms with Gasteiger partial charge in [-0.25, -0.2) is 9.69 Å². The first-order chi connectivity index (χ1) is 15.7. The van der Waals surface area contributed by atoms with Crippen LogP contribution in [0.15, 0.2) is 42.5 Å². The summed E-state index contributed by atoms with van der Waals surface area (Å²) < 4.78 is 0. The Bertz CT molecular complexity index is 1230. The number of amides is 3. The van der Waals surface area contributed by atoms with Crippen molar-refractivity contribution in [3.8, 4) is 6.07 Å². The van der Waals surface area contributed by atoms with E-state index in [0.717, 1.165) is 4.90 Å². The molecule has 11 heteroatoms. The standard InChI is InChI=1S/C22H16Cl2N4O4S/c23-14-5-15(24)7-16(6-14)28-19(31)22(13-3-1-12(8-25)2-4-13)10-21(11-27(22)20(28)32)26-17(9-33-21)18(29)30/h1-7,17,26H,9-11H2,(H,29,30)/t17-,21+,22-/m0/s1. The van der Waals surface area contributed by atoms with Gasteiger partial charge in [-0.3, -0.25) is 14.9 Å². The number of carboxylic acid groups (broad SMARTS) is 1. The maximum atomic E-state index is 14.0. The smallest absolute Gasteiger partial charge is 0.332 e. The molecule has 0 aliphatic carbocycles. The quantitative estimate of drug-likeness (QED) is 0.617. The fourth-order valence-electron chi connectivity index (χ4n) is 4.84. The van der Waals surface area contributed by atoms with Gasteiger partial charge in [0.15, 0.2) is 5.54 Å². The summed E-state index contributed by atoms with van der Waals surface area (Å²) in [5.74, 6) is -1.14. The van der Waals surface area contributed by atoms with Crippen molar-refractivity contribution in [3.05, 3.63) is 63.6 Å². The molecular formula is C22H16Cl2N4O4S. The molecule has 33 heavy (non-hydrogen) atoms. The number of aliphatic carboxylic acids is 1. The summed E-state index contributed by atoms with van der Waals surface area (Å²) in [6.07, 6.45) is 0.176. The van der Waals surface area contributed by atoms with E-state index in [0.29, 0.717) is 16.9 Å². The average Bonchev–Trinajstić information content (AvgIpc) is 3.40. The molecule has 3 atom stereocenters. The highest BCUT2D eigenvalue weighted by Crippen LogP contribution is 2.55. The number of rotatable bonds is 3. The zero-order valence-electron chi connectivity index (χ0n) is 16.9. The molecule has 3 amide bonds. The van der Waals surface area contributed by atoms with Crippen LogP contribution in [0.3, 0.4) is 0 Å². The zero-order valence-corrected chi connectivity index (χ0v) is 19.2. The Morgan fingerprint density at radius 1 is 1.18 bits per heavy atom. The van der Waals surface area contributed by atoms with Gasteiger partial charge in [0.25, 0.3) is 5.91 Å². The third-order valence-electron chi connectivity index (χ3n) is 6.25. The van der Waals surface area contributed by atoms with Crippen LogP contribution in [-0.4, -0.2) is 51.1 Å². The lowest BCUT2D eigenvalue weighted by molar-refractivity contribution is -0.138. The van der Waals surface area contributed by atoms with Gasteiger partial charge in [0.1, 0.15) is 6.04 Å². The molecule has 3 aliphatic heterocycles. The first-order valence-corrected chi connectivity index (χ1v) is 11.7. The lowest BCUT2D eigenvalue weighted by Gasteiger charge is -2.29. The fraction of sp³-hybridized carbons (Fsp3) is 0.273. The van der Waals surface area contributed by atoms with Gasteiger partial charge in [-0.15, -0.1) is 11.8 Å². The maximum Gasteiger partial charge on any atom is 0.332 e. The Balaban J connectivity index is 1.63. The summed E-state index contributed by atoms with van der Waals surface area (Å²) in [5.41, 5.74) is -0.139. The second-order valence-electron chi connectivity index (χ2n) is 8.20. The van der Waals surface area contributed by atoms with Gasteiger partial charge in [0, 0.05) is 22.2 Å². The lowest BCUT2D eigenvalue weighted by Crippen LogP contribution is -2.49. The number of nitriles is 1. The molecule has 0 saturated carbocycles. The maximum absolute atomic E-state index is 14.0. The Morgan fingerprint density at radius 2 is 1.85 bits per heavy atom. The minimum atomic E-state index is -1.37. The van der Waals surface area contributed by atoms with Crippen LogP contribution in [0, 0.1) is 11.3 Å². The molecule has 1 spiro atoms. The molecule has 0 unspecified atom stereocenters. The SMILES string of the molecule is N#Cc1ccc([C@]23C[C@@]4(CN2C(=O)N(c2cc(Cl)cc(Cl)c2)C3=O)N[C@H](C(=O)O)CS4)cc1. The van der Waals surface area contributed by atoms with Crippen molar-refractivity contribution in [1.82, 2.24) is 10.2 Å². The van der Waals surface area contributed by atoms with Crippen molar-refractivity contribution in [2.45, 2.75) is 22.9 Å². The highest BCUT2D eigenvalue weighted by Gasteiger charge is 2.68. The predicted molar refractivity (Wildman–Crippen MR) is 123 cm³/mol. The van der Waals surface area contributed by atoms with E-state index in [4.69, 9.17) is 23.2 Å². The molecule has 0 radical (unpaired) electrons. The topological polar surface area (TPSA) is 114 Å². The lowest BCUT2D eigenvalue weighted by atomic mass is 9.85. The van der Waals surface area contributed by atoms with Crippen LogP contribution in [-0.2, 0) is 15.1 Å². The van der Waals surface area contributed by atoms with Gasteiger partial charge >= 0.3 is 12.0 Å². The fourth-order valence-corrected chi connectivity index (χ4v) is 6.82. The van der Waals surface area contributed by atoms with E-state index in [9.17, 15) is 24.8 Å². The monoisotopic (exact) mass is 502 g/mol. The number of carbonyl (C=O) groups is 3. The third kappa shape index (κ3) is 3.28. The van der Waals surface area contributed by atoms with Crippen LogP contribution < -0.4 is 10.2 Å². The minimum absolute atomic E-state index is 0.136. The van der Waals surface area contributed by atoms with Gasteiger partial charge in [0.05, 0.1) is 28.7 Å². The second kappa shape index (κ2) is 7.64. The molecule has 2 N–H and O–H groups in total. The summed E-state index contributed by atoms with van der Waals surface area (Å²) >= 11 is 13.7. The van der Waals surface area contributed by atoms with E-state index in [2.05, 4.69) is 5.32 Å². The highest BCUT2D eigenvalue weighted by atomic mass is 35.5. The van der Waals surface area contributed by atoms with Crippen molar-refractivity contribution in [2.75, 3.05) is 17.2 Å². The molecule has 2 aromatic carbocycles. The predicted octanol–water partition coefficient (Wildman–Crippen LogP) is 3.42. The first kappa shape index (κ1) is 22.0. The van der Waals surface area contributed by atoms with E-state index in [1.165, 1.54) is 34.9 Å². The van der Waals surface area contributed by atoms with E-state index in [1.54, 1.807) is 24.3 Å². The molecule has 2 aromatic rings. The van der Waals surface area contributed by atoms with Crippen molar-refractivity contribution in [2.24, 2.45) is 0 Å². The number of nitrogens with one attached hydrogen (secondary N) is 1. The summed E-state index contributed by atoms with van der Waals surface area (Å²) in [4.78, 5) is 40.9. The van der Waals surface area contributed by atoms with Gasteiger partial charge in [0.2, 0.25) is 0 Å². The number of nitrogens with zero attached hydrogens (tertiary/aromatic N) is 3. The van der Waals surface area contributed by atoms with Crippen molar-refractivity contribution >= 4 is 58.6 Å². The number of hydrogen-bond donors (Lipinski definition) is 2. The molecule has 8 nitrogen and oxygen atoms in total. The summed E-state index contributed by atoms with van der Waals surface area (Å²) in [5, 5.41) is 22.3. The molecular weight excluding hydrogens is 487 g/mol. The van der Waals surface area contributed by atoms with Gasteiger partial charge in [-0.2, -0.15) is 5.26 Å². The minimum Gasteiger partial charge on any atom is -0.480 e. The average molecular weight is 503 g/mol. The van der Waals surface area contributed by atoms with Crippen LogP contribution in [0.25, 0.3) is 0 Å². The number of anilines is 1. The highest BCUT2D eigenvalue weighted by molar-refractivity contribution is 8.01. The van der Waals surface area contributed by atoms with E-state index >= 15 is 0 Å². The number of carboxylic acids is 1. The Labute approximate surface area is 203 Å².